The fourth-order valence-electron chi connectivity index (χ4n) is 3.06. The summed E-state index contributed by atoms with van der Waals surface area (Å²) in [6.07, 6.45) is 6.75. The highest BCUT2D eigenvalue weighted by Gasteiger charge is 2.21. The van der Waals surface area contributed by atoms with E-state index in [4.69, 9.17) is 0 Å². The molecule has 4 N–H and O–H groups in total. The van der Waals surface area contributed by atoms with Crippen LogP contribution in [0, 0.1) is 5.92 Å². The Morgan fingerprint density at radius 2 is 2.12 bits per heavy atom. The van der Waals surface area contributed by atoms with E-state index in [0.717, 1.165) is 24.2 Å². The predicted molar refractivity (Wildman–Crippen MR) is 113 cm³/mol. The fourth-order valence-corrected chi connectivity index (χ4v) is 4.88. The number of carbonyl (C=O) groups excluding carboxylic acids is 1. The van der Waals surface area contributed by atoms with Gasteiger partial charge in [0.2, 0.25) is 0 Å². The van der Waals surface area contributed by atoms with Crippen LogP contribution in [0.5, 0.6) is 0 Å². The molecule has 0 aromatic heterocycles. The van der Waals surface area contributed by atoms with E-state index in [1.54, 1.807) is 30.3 Å². The number of carbonyl (C=O) groups is 1. The van der Waals surface area contributed by atoms with Gasteiger partial charge in [-0.25, -0.2) is 0 Å². The number of rotatable bonds is 6. The van der Waals surface area contributed by atoms with E-state index in [1.807, 2.05) is 17.8 Å². The summed E-state index contributed by atoms with van der Waals surface area (Å²) in [6.45, 7) is 2.09. The molecule has 1 amide bonds. The third kappa shape index (κ3) is 5.02. The Kier molecular flexibility index (Phi) is 6.26. The van der Waals surface area contributed by atoms with Gasteiger partial charge in [-0.05, 0) is 48.3 Å². The maximum Gasteiger partial charge on any atom is 0.262 e. The topological polar surface area (TPSA) is 81.6 Å². The number of hydrazine groups is 1. The van der Waals surface area contributed by atoms with Crippen molar-refractivity contribution in [3.63, 3.8) is 0 Å². The Balaban J connectivity index is 0.00000196. The summed E-state index contributed by atoms with van der Waals surface area (Å²) in [6, 6.07) is 8.42. The van der Waals surface area contributed by atoms with Crippen molar-refractivity contribution in [2.75, 3.05) is 5.75 Å². The van der Waals surface area contributed by atoms with Gasteiger partial charge in [-0.2, -0.15) is 0 Å². The largest absolute Gasteiger partial charge is 0.280 e. The van der Waals surface area contributed by atoms with E-state index < -0.39 is 10.8 Å². The van der Waals surface area contributed by atoms with Crippen LogP contribution in [0.2, 0.25) is 0 Å². The Labute approximate surface area is 163 Å². The van der Waals surface area contributed by atoms with Gasteiger partial charge in [0.05, 0.1) is 4.90 Å². The van der Waals surface area contributed by atoms with Crippen LogP contribution in [-0.2, 0) is 4.79 Å². The van der Waals surface area contributed by atoms with Crippen LogP contribution < -0.4 is 10.3 Å². The number of benzene rings is 1. The summed E-state index contributed by atoms with van der Waals surface area (Å²) in [5.41, 5.74) is 5.67. The lowest BCUT2D eigenvalue weighted by atomic mass is 9.88. The standard InChI is InChI=1S/C19H24N2O3S2.2H2/c1-14-9-16(11-15-7-8-25-13-15)12-17(10-14)19(22)20-21-26(23,24)18-5-3-2-4-6-18;;/h2-6,9,12-14,21,23-24H,7-8,10-11H2,1H3,(H,20,22);2*1H. The molecule has 3 rings (SSSR count). The lowest BCUT2D eigenvalue weighted by Gasteiger charge is -2.33. The Bertz CT molecular complexity index is 768. The fraction of sp³-hybridized carbons (Fsp3) is 0.316. The molecular weight excluding hydrogens is 368 g/mol. The van der Waals surface area contributed by atoms with Gasteiger partial charge < -0.3 is 0 Å². The molecule has 5 nitrogen and oxygen atoms in total. The summed E-state index contributed by atoms with van der Waals surface area (Å²) in [4.78, 5) is 15.2. The lowest BCUT2D eigenvalue weighted by molar-refractivity contribution is -0.118. The van der Waals surface area contributed by atoms with Crippen molar-refractivity contribution in [1.29, 1.82) is 0 Å². The van der Waals surface area contributed by atoms with Gasteiger partial charge in [-0.15, -0.1) is 16.6 Å². The maximum absolute atomic E-state index is 12.5. The summed E-state index contributed by atoms with van der Waals surface area (Å²) >= 11 is 1.84. The van der Waals surface area contributed by atoms with Crippen LogP contribution in [0.3, 0.4) is 0 Å². The van der Waals surface area contributed by atoms with Gasteiger partial charge in [-0.1, -0.05) is 53.6 Å². The Morgan fingerprint density at radius 1 is 1.35 bits per heavy atom. The number of hydrogen-bond donors (Lipinski definition) is 4. The lowest BCUT2D eigenvalue weighted by Crippen LogP contribution is -2.40. The first-order valence-corrected chi connectivity index (χ1v) is 11.1. The Morgan fingerprint density at radius 3 is 2.81 bits per heavy atom. The van der Waals surface area contributed by atoms with Gasteiger partial charge in [-0.3, -0.25) is 19.3 Å². The van der Waals surface area contributed by atoms with Crippen molar-refractivity contribution in [2.45, 2.75) is 31.1 Å². The van der Waals surface area contributed by atoms with Gasteiger partial charge in [0.15, 0.2) is 0 Å². The van der Waals surface area contributed by atoms with Crippen molar-refractivity contribution in [1.82, 2.24) is 10.3 Å². The quantitative estimate of drug-likeness (QED) is 0.501. The molecule has 1 atom stereocenters. The third-order valence-electron chi connectivity index (χ3n) is 4.29. The minimum absolute atomic E-state index is 0. The highest BCUT2D eigenvalue weighted by Crippen LogP contribution is 2.42. The second-order valence-corrected chi connectivity index (χ2v) is 9.33. The molecule has 0 spiro atoms. The average Bonchev–Trinajstić information content (AvgIpc) is 3.13. The first-order chi connectivity index (χ1) is 12.4. The van der Waals surface area contributed by atoms with Crippen molar-refractivity contribution in [3.05, 3.63) is 64.6 Å². The highest BCUT2D eigenvalue weighted by atomic mass is 32.3. The van der Waals surface area contributed by atoms with Crippen molar-refractivity contribution in [2.24, 2.45) is 5.92 Å². The van der Waals surface area contributed by atoms with Crippen molar-refractivity contribution in [3.8, 4) is 0 Å². The predicted octanol–water partition coefficient (Wildman–Crippen LogP) is 5.13. The van der Waals surface area contributed by atoms with Crippen LogP contribution >= 0.6 is 22.5 Å². The molecule has 7 heteroatoms. The molecule has 0 fully saturated rings. The van der Waals surface area contributed by atoms with E-state index in [9.17, 15) is 13.9 Å². The summed E-state index contributed by atoms with van der Waals surface area (Å²) in [5.74, 6) is 1.09. The number of amides is 1. The van der Waals surface area contributed by atoms with E-state index >= 15 is 0 Å². The van der Waals surface area contributed by atoms with Crippen LogP contribution in [-0.4, -0.2) is 20.8 Å². The van der Waals surface area contributed by atoms with Crippen molar-refractivity contribution >= 4 is 28.4 Å². The van der Waals surface area contributed by atoms with Crippen LogP contribution in [0.1, 0.15) is 29.0 Å². The molecular formula is C19H28N2O3S2. The first-order valence-electron chi connectivity index (χ1n) is 8.55. The molecule has 1 heterocycles. The van der Waals surface area contributed by atoms with E-state index in [0.29, 0.717) is 16.9 Å². The number of nitrogens with one attached hydrogen (secondary N) is 2. The molecule has 0 saturated carbocycles. The first kappa shape index (κ1) is 19.3. The molecule has 0 bridgehead atoms. The van der Waals surface area contributed by atoms with Crippen LogP contribution in [0.15, 0.2) is 69.5 Å². The minimum atomic E-state index is -3.28. The number of allylic oxidation sites excluding steroid dienone is 4. The molecule has 26 heavy (non-hydrogen) atoms. The monoisotopic (exact) mass is 396 g/mol. The van der Waals surface area contributed by atoms with E-state index in [1.165, 1.54) is 5.57 Å². The normalized spacial score (nSPS) is 20.9. The van der Waals surface area contributed by atoms with Crippen LogP contribution in [0.25, 0.3) is 0 Å². The number of hydrogen-bond acceptors (Lipinski definition) is 5. The molecule has 1 unspecified atom stereocenters. The van der Waals surface area contributed by atoms with Gasteiger partial charge in [0.25, 0.3) is 5.91 Å². The van der Waals surface area contributed by atoms with Crippen molar-refractivity contribution < 1.29 is 16.8 Å². The molecule has 1 aliphatic heterocycles. The third-order valence-corrected chi connectivity index (χ3v) is 6.55. The Hall–Kier alpha value is -1.51. The zero-order valence-corrected chi connectivity index (χ0v) is 16.3. The summed E-state index contributed by atoms with van der Waals surface area (Å²) in [7, 11) is -3.28. The smallest absolute Gasteiger partial charge is 0.262 e. The SMILES string of the molecule is CC1C=C(CC2=CSCC2)C=C(C(=O)NNS(O)(O)c2ccccc2)C1.[HH].[HH]. The molecule has 0 radical (unpaired) electrons. The van der Waals surface area contributed by atoms with Gasteiger partial charge in [0.1, 0.15) is 0 Å². The zero-order chi connectivity index (χ0) is 18.6. The van der Waals surface area contributed by atoms with Gasteiger partial charge >= 0.3 is 0 Å². The highest BCUT2D eigenvalue weighted by molar-refractivity contribution is 8.22. The molecule has 1 aromatic rings. The molecule has 1 aromatic carbocycles. The van der Waals surface area contributed by atoms with E-state index in [2.05, 4.69) is 28.7 Å². The summed E-state index contributed by atoms with van der Waals surface area (Å²) in [5, 5.41) is 2.21. The van der Waals surface area contributed by atoms with E-state index in [-0.39, 0.29) is 14.7 Å². The maximum atomic E-state index is 12.5. The molecule has 144 valence electrons. The second-order valence-electron chi connectivity index (χ2n) is 6.58. The number of thioether (sulfide) groups is 1. The summed E-state index contributed by atoms with van der Waals surface area (Å²) < 4.78 is 20.4. The van der Waals surface area contributed by atoms with Crippen LogP contribution in [0.4, 0.5) is 0 Å². The molecule has 2 aliphatic rings. The zero-order valence-electron chi connectivity index (χ0n) is 14.6. The minimum Gasteiger partial charge on any atom is -0.280 e. The molecule has 1 aliphatic carbocycles. The second kappa shape index (κ2) is 8.45. The average molecular weight is 397 g/mol. The van der Waals surface area contributed by atoms with Gasteiger partial charge in [0, 0.05) is 14.2 Å². The molecule has 0 saturated heterocycles.